The maximum Gasteiger partial charge on any atom is 0.255 e. The lowest BCUT2D eigenvalue weighted by atomic mass is 10.1. The van der Waals surface area contributed by atoms with Gasteiger partial charge < -0.3 is 15.0 Å². The second kappa shape index (κ2) is 9.40. The molecule has 2 aromatic carbocycles. The molecule has 0 saturated carbocycles. The second-order valence-electron chi connectivity index (χ2n) is 6.83. The molecule has 0 radical (unpaired) electrons. The van der Waals surface area contributed by atoms with Gasteiger partial charge in [0.15, 0.2) is 11.6 Å². The van der Waals surface area contributed by atoms with Crippen LogP contribution in [0.1, 0.15) is 11.3 Å². The van der Waals surface area contributed by atoms with Gasteiger partial charge in [0.25, 0.3) is 5.56 Å². The van der Waals surface area contributed by atoms with E-state index in [0.29, 0.717) is 33.7 Å². The Bertz CT molecular complexity index is 1310. The molecule has 9 heteroatoms. The van der Waals surface area contributed by atoms with Gasteiger partial charge in [-0.15, -0.1) is 0 Å². The molecule has 0 aliphatic heterocycles. The van der Waals surface area contributed by atoms with Gasteiger partial charge in [0, 0.05) is 29.3 Å². The number of rotatable bonds is 6. The zero-order valence-corrected chi connectivity index (χ0v) is 17.8. The lowest BCUT2D eigenvalue weighted by molar-refractivity contribution is -0.115. The number of amides is 1. The molecule has 0 fully saturated rings. The Kier molecular flexibility index (Phi) is 6.23. The Hall–Kier alpha value is -4.04. The predicted octanol–water partition coefficient (Wildman–Crippen LogP) is 4.16. The number of nitrogens with zero attached hydrogens (tertiary/aromatic N) is 3. The topological polar surface area (TPSA) is 110 Å². The molecule has 0 spiro atoms. The van der Waals surface area contributed by atoms with Crippen molar-refractivity contribution in [3.05, 3.63) is 93.6 Å². The zero-order chi connectivity index (χ0) is 22.5. The summed E-state index contributed by atoms with van der Waals surface area (Å²) in [6.07, 6.45) is 3.00. The largest absolute Gasteiger partial charge is 0.456 e. The number of halogens is 1. The number of ether oxygens (including phenoxy) is 1. The Balaban J connectivity index is 1.42. The van der Waals surface area contributed by atoms with E-state index in [1.807, 2.05) is 12.1 Å². The number of aryl methyl sites for hydroxylation is 1. The molecule has 0 bridgehead atoms. The number of nitrogens with one attached hydrogen (secondary N) is 2. The summed E-state index contributed by atoms with van der Waals surface area (Å²) in [5, 5.41) is 3.27. The van der Waals surface area contributed by atoms with E-state index in [4.69, 9.17) is 16.3 Å². The fourth-order valence-corrected chi connectivity index (χ4v) is 3.15. The minimum absolute atomic E-state index is 0.123. The van der Waals surface area contributed by atoms with Crippen LogP contribution >= 0.6 is 11.6 Å². The summed E-state index contributed by atoms with van der Waals surface area (Å²) in [4.78, 5) is 40.1. The van der Waals surface area contributed by atoms with Crippen molar-refractivity contribution in [3.63, 3.8) is 0 Å². The standard InChI is InChI=1S/C23H18ClN5O3/c1-14-17(23(31)29-22(27-14)21-25-11-4-12-26-21)13-20(30)28-15-7-9-16(10-8-15)32-19-6-3-2-5-18(19)24/h2-12H,13H2,1H3,(H,28,30)(H,27,29,31). The Morgan fingerprint density at radius 2 is 1.78 bits per heavy atom. The van der Waals surface area contributed by atoms with E-state index in [1.165, 1.54) is 0 Å². The van der Waals surface area contributed by atoms with Crippen LogP contribution < -0.4 is 15.6 Å². The van der Waals surface area contributed by atoms with Crippen molar-refractivity contribution < 1.29 is 9.53 Å². The Morgan fingerprint density at radius 1 is 1.06 bits per heavy atom. The second-order valence-corrected chi connectivity index (χ2v) is 7.24. The molecule has 2 aromatic heterocycles. The molecular weight excluding hydrogens is 430 g/mol. The lowest BCUT2D eigenvalue weighted by Gasteiger charge is -2.10. The van der Waals surface area contributed by atoms with Gasteiger partial charge in [0.2, 0.25) is 5.91 Å². The number of aromatic amines is 1. The van der Waals surface area contributed by atoms with Gasteiger partial charge in [-0.05, 0) is 49.4 Å². The summed E-state index contributed by atoms with van der Waals surface area (Å²) in [5.41, 5.74) is 0.882. The Morgan fingerprint density at radius 3 is 2.47 bits per heavy atom. The lowest BCUT2D eigenvalue weighted by Crippen LogP contribution is -2.24. The fourth-order valence-electron chi connectivity index (χ4n) is 2.97. The summed E-state index contributed by atoms with van der Waals surface area (Å²) in [7, 11) is 0. The van der Waals surface area contributed by atoms with Crippen LogP contribution in [0, 0.1) is 6.92 Å². The molecule has 0 unspecified atom stereocenters. The molecule has 2 N–H and O–H groups in total. The third-order valence-electron chi connectivity index (χ3n) is 4.54. The highest BCUT2D eigenvalue weighted by atomic mass is 35.5. The molecule has 0 saturated heterocycles. The van der Waals surface area contributed by atoms with Gasteiger partial charge in [-0.25, -0.2) is 15.0 Å². The van der Waals surface area contributed by atoms with E-state index in [0.717, 1.165) is 0 Å². The number of hydrogen-bond donors (Lipinski definition) is 2. The van der Waals surface area contributed by atoms with Gasteiger partial charge in [0.05, 0.1) is 11.4 Å². The molecule has 4 rings (SSSR count). The normalized spacial score (nSPS) is 10.6. The van der Waals surface area contributed by atoms with Gasteiger partial charge >= 0.3 is 0 Å². The molecule has 8 nitrogen and oxygen atoms in total. The molecular formula is C23H18ClN5O3. The van der Waals surface area contributed by atoms with E-state index in [9.17, 15) is 9.59 Å². The molecule has 0 atom stereocenters. The smallest absolute Gasteiger partial charge is 0.255 e. The van der Waals surface area contributed by atoms with Crippen molar-refractivity contribution in [2.75, 3.05) is 5.32 Å². The number of anilines is 1. The van der Waals surface area contributed by atoms with E-state index < -0.39 is 5.56 Å². The molecule has 2 heterocycles. The molecule has 4 aromatic rings. The van der Waals surface area contributed by atoms with Crippen molar-refractivity contribution in [3.8, 4) is 23.1 Å². The van der Waals surface area contributed by atoms with Crippen molar-refractivity contribution in [2.45, 2.75) is 13.3 Å². The van der Waals surface area contributed by atoms with Crippen LogP contribution in [0.15, 0.2) is 71.8 Å². The molecule has 32 heavy (non-hydrogen) atoms. The van der Waals surface area contributed by atoms with Crippen molar-refractivity contribution >= 4 is 23.2 Å². The third kappa shape index (κ3) is 4.98. The van der Waals surface area contributed by atoms with Crippen molar-refractivity contribution in [1.82, 2.24) is 19.9 Å². The maximum atomic E-state index is 12.5. The van der Waals surface area contributed by atoms with Crippen LogP contribution in [0.4, 0.5) is 5.69 Å². The predicted molar refractivity (Wildman–Crippen MR) is 121 cm³/mol. The molecule has 1 amide bonds. The minimum Gasteiger partial charge on any atom is -0.456 e. The summed E-state index contributed by atoms with van der Waals surface area (Å²) in [6.45, 7) is 1.67. The van der Waals surface area contributed by atoms with Gasteiger partial charge in [-0.3, -0.25) is 9.59 Å². The number of para-hydroxylation sites is 1. The fraction of sp³-hybridized carbons (Fsp3) is 0.0870. The minimum atomic E-state index is -0.404. The van der Waals surface area contributed by atoms with Crippen LogP contribution in [0.5, 0.6) is 11.5 Å². The zero-order valence-electron chi connectivity index (χ0n) is 17.0. The number of aromatic nitrogens is 4. The first kappa shape index (κ1) is 21.2. The van der Waals surface area contributed by atoms with Crippen LogP contribution in [-0.2, 0) is 11.2 Å². The maximum absolute atomic E-state index is 12.5. The van der Waals surface area contributed by atoms with Crippen molar-refractivity contribution in [2.24, 2.45) is 0 Å². The van der Waals surface area contributed by atoms with Crippen molar-refractivity contribution in [1.29, 1.82) is 0 Å². The van der Waals surface area contributed by atoms with Gasteiger partial charge in [-0.2, -0.15) is 0 Å². The van der Waals surface area contributed by atoms with Crippen LogP contribution in [0.25, 0.3) is 11.6 Å². The third-order valence-corrected chi connectivity index (χ3v) is 4.85. The first-order valence-electron chi connectivity index (χ1n) is 9.69. The van der Waals surface area contributed by atoms with Crippen LogP contribution in [-0.4, -0.2) is 25.8 Å². The number of carbonyl (C=O) groups excluding carboxylic acids is 1. The number of carbonyl (C=O) groups is 1. The van der Waals surface area contributed by atoms with Gasteiger partial charge in [0.1, 0.15) is 11.5 Å². The molecule has 0 aliphatic rings. The van der Waals surface area contributed by atoms with E-state index in [-0.39, 0.29) is 23.7 Å². The molecule has 160 valence electrons. The average Bonchev–Trinajstić information content (AvgIpc) is 2.79. The Labute approximate surface area is 188 Å². The van der Waals surface area contributed by atoms with E-state index in [2.05, 4.69) is 25.3 Å². The highest BCUT2D eigenvalue weighted by molar-refractivity contribution is 6.32. The first-order valence-corrected chi connectivity index (χ1v) is 10.1. The SMILES string of the molecule is Cc1nc(-c2ncccn2)[nH]c(=O)c1CC(=O)Nc1ccc(Oc2ccccc2Cl)cc1. The number of benzene rings is 2. The highest BCUT2D eigenvalue weighted by Crippen LogP contribution is 2.29. The summed E-state index contributed by atoms with van der Waals surface area (Å²) in [5.74, 6) is 1.34. The summed E-state index contributed by atoms with van der Waals surface area (Å²) < 4.78 is 5.74. The number of hydrogen-bond acceptors (Lipinski definition) is 6. The highest BCUT2D eigenvalue weighted by Gasteiger charge is 2.15. The average molecular weight is 448 g/mol. The van der Waals surface area contributed by atoms with Gasteiger partial charge in [-0.1, -0.05) is 23.7 Å². The quantitative estimate of drug-likeness (QED) is 0.459. The van der Waals surface area contributed by atoms with Crippen LogP contribution in [0.3, 0.4) is 0 Å². The summed E-state index contributed by atoms with van der Waals surface area (Å²) >= 11 is 6.10. The molecule has 0 aliphatic carbocycles. The summed E-state index contributed by atoms with van der Waals surface area (Å²) in [6, 6.07) is 15.7. The van der Waals surface area contributed by atoms with Crippen LogP contribution in [0.2, 0.25) is 5.02 Å². The first-order chi connectivity index (χ1) is 15.5. The van der Waals surface area contributed by atoms with E-state index >= 15 is 0 Å². The monoisotopic (exact) mass is 447 g/mol. The van der Waals surface area contributed by atoms with E-state index in [1.54, 1.807) is 61.8 Å². The number of H-pyrrole nitrogens is 1.